The van der Waals surface area contributed by atoms with Crippen molar-refractivity contribution < 1.29 is 4.74 Å². The third kappa shape index (κ3) is 4.68. The van der Waals surface area contributed by atoms with Gasteiger partial charge >= 0.3 is 0 Å². The van der Waals surface area contributed by atoms with E-state index in [2.05, 4.69) is 47.2 Å². The Balaban J connectivity index is 2.51. The number of methoxy groups -OCH3 is 1. The van der Waals surface area contributed by atoms with Crippen LogP contribution in [0.5, 0.6) is 5.75 Å². The summed E-state index contributed by atoms with van der Waals surface area (Å²) in [6.07, 6.45) is 3.81. The van der Waals surface area contributed by atoms with Gasteiger partial charge in [0.05, 0.1) is 11.6 Å². The molecule has 1 aromatic rings. The summed E-state index contributed by atoms with van der Waals surface area (Å²) in [7, 11) is 1.69. The number of rotatable bonds is 7. The Labute approximate surface area is 113 Å². The van der Waals surface area contributed by atoms with Crippen molar-refractivity contribution in [3.63, 3.8) is 0 Å². The number of nitrogens with one attached hydrogen (secondary N) is 1. The molecule has 0 aromatic heterocycles. The molecule has 1 N–H and O–H groups in total. The molecular weight excluding hydrogens is 278 g/mol. The predicted molar refractivity (Wildman–Crippen MR) is 76.6 cm³/mol. The van der Waals surface area contributed by atoms with Gasteiger partial charge in [-0.3, -0.25) is 0 Å². The van der Waals surface area contributed by atoms with Crippen molar-refractivity contribution in [2.45, 2.75) is 39.2 Å². The lowest BCUT2D eigenvalue weighted by molar-refractivity contribution is 0.411. The lowest BCUT2D eigenvalue weighted by atomic mass is 10.1. The van der Waals surface area contributed by atoms with E-state index in [0.29, 0.717) is 6.04 Å². The van der Waals surface area contributed by atoms with Gasteiger partial charge in [-0.25, -0.2) is 0 Å². The van der Waals surface area contributed by atoms with Crippen molar-refractivity contribution in [3.05, 3.63) is 28.2 Å². The molecule has 0 amide bonds. The smallest absolute Gasteiger partial charge is 0.133 e. The predicted octanol–water partition coefficient (Wildman–Crippen LogP) is 4.30. The number of ether oxygens (including phenoxy) is 1. The summed E-state index contributed by atoms with van der Waals surface area (Å²) in [6, 6.07) is 6.62. The van der Waals surface area contributed by atoms with Crippen molar-refractivity contribution >= 4 is 15.9 Å². The van der Waals surface area contributed by atoms with Gasteiger partial charge in [0, 0.05) is 6.04 Å². The van der Waals surface area contributed by atoms with Crippen molar-refractivity contribution in [2.75, 3.05) is 13.7 Å². The molecule has 1 unspecified atom stereocenters. The van der Waals surface area contributed by atoms with Crippen LogP contribution in [-0.2, 0) is 0 Å². The maximum Gasteiger partial charge on any atom is 0.133 e. The average Bonchev–Trinajstić information content (AvgIpc) is 2.34. The molecule has 0 aliphatic heterocycles. The second-order valence-corrected chi connectivity index (χ2v) is 5.13. The normalized spacial score (nSPS) is 12.5. The molecule has 0 bridgehead atoms. The van der Waals surface area contributed by atoms with Crippen molar-refractivity contribution in [1.82, 2.24) is 5.32 Å². The van der Waals surface area contributed by atoms with Gasteiger partial charge in [-0.05, 0) is 53.5 Å². The van der Waals surface area contributed by atoms with Gasteiger partial charge < -0.3 is 10.1 Å². The molecule has 0 saturated heterocycles. The largest absolute Gasteiger partial charge is 0.496 e. The van der Waals surface area contributed by atoms with Crippen LogP contribution in [-0.4, -0.2) is 13.7 Å². The Morgan fingerprint density at radius 3 is 2.71 bits per heavy atom. The minimum atomic E-state index is 0.383. The fourth-order valence-electron chi connectivity index (χ4n) is 1.76. The average molecular weight is 300 g/mol. The highest BCUT2D eigenvalue weighted by Crippen LogP contribution is 2.27. The highest BCUT2D eigenvalue weighted by molar-refractivity contribution is 9.10. The highest BCUT2D eigenvalue weighted by Gasteiger charge is 2.07. The van der Waals surface area contributed by atoms with Gasteiger partial charge in [-0.15, -0.1) is 0 Å². The third-order valence-electron chi connectivity index (χ3n) is 2.91. The molecule has 0 heterocycles. The number of unbranched alkanes of at least 4 members (excludes halogenated alkanes) is 2. The fraction of sp³-hybridized carbons (Fsp3) is 0.571. The minimum absolute atomic E-state index is 0.383. The number of benzene rings is 1. The van der Waals surface area contributed by atoms with E-state index in [4.69, 9.17) is 4.74 Å². The first-order valence-electron chi connectivity index (χ1n) is 6.25. The highest BCUT2D eigenvalue weighted by atomic mass is 79.9. The molecule has 3 heteroatoms. The lowest BCUT2D eigenvalue weighted by Crippen LogP contribution is -2.19. The molecule has 0 spiro atoms. The first-order valence-corrected chi connectivity index (χ1v) is 7.05. The van der Waals surface area contributed by atoms with Gasteiger partial charge in [0.25, 0.3) is 0 Å². The van der Waals surface area contributed by atoms with E-state index < -0.39 is 0 Å². The Morgan fingerprint density at radius 1 is 1.35 bits per heavy atom. The summed E-state index contributed by atoms with van der Waals surface area (Å²) >= 11 is 3.52. The van der Waals surface area contributed by atoms with Crippen LogP contribution in [0, 0.1) is 0 Å². The molecule has 0 saturated carbocycles. The van der Waals surface area contributed by atoms with Crippen LogP contribution in [0.2, 0.25) is 0 Å². The van der Waals surface area contributed by atoms with E-state index in [1.165, 1.54) is 24.8 Å². The molecule has 96 valence electrons. The maximum absolute atomic E-state index is 5.23. The van der Waals surface area contributed by atoms with E-state index in [-0.39, 0.29) is 0 Å². The standard InChI is InChI=1S/C14H22BrNO/c1-4-5-6-9-16-11(2)12-7-8-14(17-3)13(15)10-12/h7-8,10-11,16H,4-6,9H2,1-3H3. The summed E-state index contributed by atoms with van der Waals surface area (Å²) < 4.78 is 6.24. The minimum Gasteiger partial charge on any atom is -0.496 e. The van der Waals surface area contributed by atoms with E-state index >= 15 is 0 Å². The number of halogens is 1. The van der Waals surface area contributed by atoms with Gasteiger partial charge in [-0.2, -0.15) is 0 Å². The van der Waals surface area contributed by atoms with E-state index in [1.54, 1.807) is 7.11 Å². The van der Waals surface area contributed by atoms with Crippen LogP contribution in [0.25, 0.3) is 0 Å². The first kappa shape index (κ1) is 14.5. The quantitative estimate of drug-likeness (QED) is 0.758. The zero-order valence-corrected chi connectivity index (χ0v) is 12.5. The van der Waals surface area contributed by atoms with Gasteiger partial charge in [0.15, 0.2) is 0 Å². The zero-order valence-electron chi connectivity index (χ0n) is 10.9. The van der Waals surface area contributed by atoms with Crippen LogP contribution < -0.4 is 10.1 Å². The van der Waals surface area contributed by atoms with Gasteiger partial charge in [0.1, 0.15) is 5.75 Å². The van der Waals surface area contributed by atoms with E-state index in [1.807, 2.05) is 6.07 Å². The summed E-state index contributed by atoms with van der Waals surface area (Å²) in [6.45, 7) is 5.50. The molecule has 0 aliphatic rings. The van der Waals surface area contributed by atoms with Crippen molar-refractivity contribution in [3.8, 4) is 5.75 Å². The zero-order chi connectivity index (χ0) is 12.7. The molecule has 0 radical (unpaired) electrons. The summed E-state index contributed by atoms with van der Waals surface area (Å²) in [4.78, 5) is 0. The second-order valence-electron chi connectivity index (χ2n) is 4.28. The Kier molecular flexibility index (Phi) is 6.60. The van der Waals surface area contributed by atoms with Crippen LogP contribution in [0.1, 0.15) is 44.7 Å². The molecule has 0 fully saturated rings. The molecule has 1 aromatic carbocycles. The Morgan fingerprint density at radius 2 is 2.12 bits per heavy atom. The number of hydrogen-bond acceptors (Lipinski definition) is 2. The first-order chi connectivity index (χ1) is 8.19. The lowest BCUT2D eigenvalue weighted by Gasteiger charge is -2.15. The molecule has 17 heavy (non-hydrogen) atoms. The summed E-state index contributed by atoms with van der Waals surface area (Å²) in [5.74, 6) is 0.881. The molecule has 1 atom stereocenters. The van der Waals surface area contributed by atoms with Gasteiger partial charge in [0.2, 0.25) is 0 Å². The van der Waals surface area contributed by atoms with Gasteiger partial charge in [-0.1, -0.05) is 25.8 Å². The van der Waals surface area contributed by atoms with E-state index in [9.17, 15) is 0 Å². The molecule has 2 nitrogen and oxygen atoms in total. The molecule has 1 rings (SSSR count). The SMILES string of the molecule is CCCCCNC(C)c1ccc(OC)c(Br)c1. The van der Waals surface area contributed by atoms with Crippen LogP contribution in [0.3, 0.4) is 0 Å². The Hall–Kier alpha value is -0.540. The topological polar surface area (TPSA) is 21.3 Å². The van der Waals surface area contributed by atoms with Crippen LogP contribution in [0.4, 0.5) is 0 Å². The molecular formula is C14H22BrNO. The van der Waals surface area contributed by atoms with Crippen molar-refractivity contribution in [1.29, 1.82) is 0 Å². The molecule has 0 aliphatic carbocycles. The Bertz CT molecular complexity index is 341. The summed E-state index contributed by atoms with van der Waals surface area (Å²) in [5.41, 5.74) is 1.29. The fourth-order valence-corrected chi connectivity index (χ4v) is 2.32. The summed E-state index contributed by atoms with van der Waals surface area (Å²) in [5, 5.41) is 3.54. The van der Waals surface area contributed by atoms with Crippen molar-refractivity contribution in [2.24, 2.45) is 0 Å². The number of hydrogen-bond donors (Lipinski definition) is 1. The van der Waals surface area contributed by atoms with Crippen LogP contribution >= 0.6 is 15.9 Å². The monoisotopic (exact) mass is 299 g/mol. The third-order valence-corrected chi connectivity index (χ3v) is 3.53. The van der Waals surface area contributed by atoms with E-state index in [0.717, 1.165) is 16.8 Å². The second kappa shape index (κ2) is 7.72. The maximum atomic E-state index is 5.23. The van der Waals surface area contributed by atoms with Crippen LogP contribution in [0.15, 0.2) is 22.7 Å².